The summed E-state index contributed by atoms with van der Waals surface area (Å²) in [6.45, 7) is 1.16. The summed E-state index contributed by atoms with van der Waals surface area (Å²) in [6, 6.07) is 0. The summed E-state index contributed by atoms with van der Waals surface area (Å²) in [6.07, 6.45) is -11.0. The van der Waals surface area contributed by atoms with Crippen LogP contribution in [0.25, 0.3) is 0 Å². The average molecular weight is 322 g/mol. The minimum absolute atomic E-state index is 0.0808. The van der Waals surface area contributed by atoms with Gasteiger partial charge in [-0.25, -0.2) is 4.79 Å². The second kappa shape index (κ2) is 7.63. The number of hydrogen-bond acceptors (Lipinski definition) is 9. The minimum atomic E-state index is -1.86. The number of aliphatic hydroxyl groups is 5. The number of ether oxygens (including phenoxy) is 2. The molecule has 0 radical (unpaired) electrons. The Morgan fingerprint density at radius 1 is 1.32 bits per heavy atom. The van der Waals surface area contributed by atoms with E-state index in [4.69, 9.17) is 19.7 Å². The summed E-state index contributed by atoms with van der Waals surface area (Å²) < 4.78 is 9.68. The Morgan fingerprint density at radius 2 is 1.91 bits per heavy atom. The average Bonchev–Trinajstić information content (AvgIpc) is 2.46. The molecule has 0 aromatic rings. The van der Waals surface area contributed by atoms with Crippen LogP contribution in [-0.4, -0.2) is 85.8 Å². The van der Waals surface area contributed by atoms with E-state index in [0.717, 1.165) is 13.0 Å². The van der Waals surface area contributed by atoms with E-state index in [0.29, 0.717) is 0 Å². The Balaban J connectivity index is 2.84. The Kier molecular flexibility index (Phi) is 6.41. The lowest BCUT2D eigenvalue weighted by Crippen LogP contribution is -2.51. The molecule has 1 aliphatic heterocycles. The van der Waals surface area contributed by atoms with Gasteiger partial charge < -0.3 is 44.9 Å². The molecule has 7 atom stereocenters. The van der Waals surface area contributed by atoms with Gasteiger partial charge in [-0.1, -0.05) is 0 Å². The topological polar surface area (TPSA) is 174 Å². The molecule has 10 nitrogen and oxygen atoms in total. The largest absolute Gasteiger partial charge is 0.475 e. The SMILES string of the molecule is C[C@H](O)[C@H](O)[C@@H](O)[C@H](C=O)O[C@H]1OC(C(=O)O)=C[C@H](O)[C@H]1O. The molecule has 126 valence electrons. The summed E-state index contributed by atoms with van der Waals surface area (Å²) in [5.74, 6) is -2.25. The van der Waals surface area contributed by atoms with Crippen LogP contribution in [0.2, 0.25) is 0 Å². The van der Waals surface area contributed by atoms with E-state index in [9.17, 15) is 30.0 Å². The van der Waals surface area contributed by atoms with E-state index in [1.807, 2.05) is 0 Å². The van der Waals surface area contributed by atoms with Crippen LogP contribution in [0.4, 0.5) is 0 Å². The highest BCUT2D eigenvalue weighted by Gasteiger charge is 2.40. The summed E-state index contributed by atoms with van der Waals surface area (Å²) in [5, 5.41) is 56.3. The Hall–Kier alpha value is -1.56. The van der Waals surface area contributed by atoms with Gasteiger partial charge in [0.15, 0.2) is 6.29 Å². The molecule has 1 aliphatic rings. The first-order valence-electron chi connectivity index (χ1n) is 6.32. The molecule has 0 saturated heterocycles. The molecule has 0 fully saturated rings. The van der Waals surface area contributed by atoms with Crippen molar-refractivity contribution in [3.63, 3.8) is 0 Å². The molecule has 1 heterocycles. The standard InChI is InChI=1S/C12H18O10/c1-4(14)8(16)10(18)7(3-13)22-12-9(17)5(15)2-6(21-12)11(19)20/h2-5,7-10,12,14-18H,1H3,(H,19,20)/t4-,5-,7-,8-,9+,10-,12+/m0/s1. The normalized spacial score (nSPS) is 30.5. The third-order valence-electron chi connectivity index (χ3n) is 3.01. The molecular formula is C12H18O10. The number of carbonyl (C=O) groups is 2. The van der Waals surface area contributed by atoms with Gasteiger partial charge in [-0.2, -0.15) is 0 Å². The fourth-order valence-corrected chi connectivity index (χ4v) is 1.71. The highest BCUT2D eigenvalue weighted by atomic mass is 16.7. The van der Waals surface area contributed by atoms with E-state index in [-0.39, 0.29) is 6.29 Å². The van der Waals surface area contributed by atoms with Crippen LogP contribution in [-0.2, 0) is 19.1 Å². The minimum Gasteiger partial charge on any atom is -0.475 e. The van der Waals surface area contributed by atoms with Gasteiger partial charge in [-0.05, 0) is 13.0 Å². The van der Waals surface area contributed by atoms with Gasteiger partial charge in [0.05, 0.1) is 6.10 Å². The molecule has 0 bridgehead atoms. The zero-order chi connectivity index (χ0) is 17.0. The van der Waals surface area contributed by atoms with Gasteiger partial charge in [0.2, 0.25) is 12.0 Å². The number of hydrogen-bond donors (Lipinski definition) is 6. The van der Waals surface area contributed by atoms with Crippen molar-refractivity contribution in [3.8, 4) is 0 Å². The maximum absolute atomic E-state index is 10.9. The molecule has 0 aromatic carbocycles. The molecular weight excluding hydrogens is 304 g/mol. The number of rotatable bonds is 7. The maximum atomic E-state index is 10.9. The van der Waals surface area contributed by atoms with Crippen molar-refractivity contribution in [2.75, 3.05) is 0 Å². The van der Waals surface area contributed by atoms with Crippen LogP contribution in [0, 0.1) is 0 Å². The second-order valence-electron chi connectivity index (χ2n) is 4.76. The lowest BCUT2D eigenvalue weighted by Gasteiger charge is -2.34. The maximum Gasteiger partial charge on any atom is 0.371 e. The lowest BCUT2D eigenvalue weighted by atomic mass is 10.0. The Morgan fingerprint density at radius 3 is 2.36 bits per heavy atom. The van der Waals surface area contributed by atoms with Crippen LogP contribution in [0.3, 0.4) is 0 Å². The predicted octanol–water partition coefficient (Wildman–Crippen LogP) is -3.28. The van der Waals surface area contributed by atoms with Crippen LogP contribution in [0.15, 0.2) is 11.8 Å². The lowest BCUT2D eigenvalue weighted by molar-refractivity contribution is -0.240. The summed E-state index contributed by atoms with van der Waals surface area (Å²) in [4.78, 5) is 21.7. The van der Waals surface area contributed by atoms with Gasteiger partial charge in [-0.3, -0.25) is 0 Å². The smallest absolute Gasteiger partial charge is 0.371 e. The van der Waals surface area contributed by atoms with E-state index < -0.39 is 54.6 Å². The van der Waals surface area contributed by atoms with Crippen molar-refractivity contribution in [2.45, 2.75) is 49.8 Å². The van der Waals surface area contributed by atoms with E-state index in [2.05, 4.69) is 0 Å². The first-order valence-corrected chi connectivity index (χ1v) is 6.32. The molecule has 10 heteroatoms. The van der Waals surface area contributed by atoms with Crippen LogP contribution >= 0.6 is 0 Å². The van der Waals surface area contributed by atoms with Gasteiger partial charge >= 0.3 is 5.97 Å². The van der Waals surface area contributed by atoms with Crippen LogP contribution in [0.5, 0.6) is 0 Å². The highest BCUT2D eigenvalue weighted by molar-refractivity contribution is 5.84. The van der Waals surface area contributed by atoms with Crippen molar-refractivity contribution < 1.29 is 49.7 Å². The van der Waals surface area contributed by atoms with Gasteiger partial charge in [-0.15, -0.1) is 0 Å². The first-order chi connectivity index (χ1) is 10.2. The monoisotopic (exact) mass is 322 g/mol. The number of carboxylic acid groups (broad SMARTS) is 1. The van der Waals surface area contributed by atoms with E-state index in [1.165, 1.54) is 0 Å². The van der Waals surface area contributed by atoms with Crippen LogP contribution in [0.1, 0.15) is 6.92 Å². The first kappa shape index (κ1) is 18.5. The number of carbonyl (C=O) groups excluding carboxylic acids is 1. The third-order valence-corrected chi connectivity index (χ3v) is 3.01. The Labute approximate surface area is 124 Å². The quantitative estimate of drug-likeness (QED) is 0.261. The molecule has 0 aliphatic carbocycles. The summed E-state index contributed by atoms with van der Waals surface area (Å²) >= 11 is 0. The molecule has 0 saturated carbocycles. The Bertz CT molecular complexity index is 434. The zero-order valence-corrected chi connectivity index (χ0v) is 11.5. The molecule has 6 N–H and O–H groups in total. The van der Waals surface area contributed by atoms with Crippen molar-refractivity contribution in [3.05, 3.63) is 11.8 Å². The molecule has 22 heavy (non-hydrogen) atoms. The molecule has 0 amide bonds. The van der Waals surface area contributed by atoms with Crippen molar-refractivity contribution >= 4 is 12.3 Å². The second-order valence-corrected chi connectivity index (χ2v) is 4.76. The van der Waals surface area contributed by atoms with Crippen molar-refractivity contribution in [2.24, 2.45) is 0 Å². The fourth-order valence-electron chi connectivity index (χ4n) is 1.71. The summed E-state index contributed by atoms with van der Waals surface area (Å²) in [7, 11) is 0. The predicted molar refractivity (Wildman–Crippen MR) is 67.2 cm³/mol. The van der Waals surface area contributed by atoms with Gasteiger partial charge in [0.1, 0.15) is 30.5 Å². The summed E-state index contributed by atoms with van der Waals surface area (Å²) in [5.41, 5.74) is 0. The van der Waals surface area contributed by atoms with E-state index >= 15 is 0 Å². The number of aldehydes is 1. The number of carboxylic acids is 1. The van der Waals surface area contributed by atoms with Crippen LogP contribution < -0.4 is 0 Å². The fraction of sp³-hybridized carbons (Fsp3) is 0.667. The van der Waals surface area contributed by atoms with Gasteiger partial charge in [0.25, 0.3) is 0 Å². The number of aliphatic hydroxyl groups excluding tert-OH is 5. The highest BCUT2D eigenvalue weighted by Crippen LogP contribution is 2.21. The zero-order valence-electron chi connectivity index (χ0n) is 11.5. The third kappa shape index (κ3) is 4.22. The molecule has 0 spiro atoms. The molecule has 1 rings (SSSR count). The number of aliphatic carboxylic acids is 1. The van der Waals surface area contributed by atoms with E-state index in [1.54, 1.807) is 0 Å². The molecule has 0 aromatic heterocycles. The molecule has 0 unspecified atom stereocenters. The van der Waals surface area contributed by atoms with Gasteiger partial charge in [0, 0.05) is 0 Å². The van der Waals surface area contributed by atoms with Crippen molar-refractivity contribution in [1.29, 1.82) is 0 Å². The van der Waals surface area contributed by atoms with Crippen molar-refractivity contribution in [1.82, 2.24) is 0 Å².